The summed E-state index contributed by atoms with van der Waals surface area (Å²) in [5.41, 5.74) is 1.16. The molecule has 0 aromatic carbocycles. The number of hydrogen-bond donors (Lipinski definition) is 0. The zero-order valence-electron chi connectivity index (χ0n) is 14.0. The molecule has 0 radical (unpaired) electrons. The van der Waals surface area contributed by atoms with Crippen molar-refractivity contribution in [3.8, 4) is 0 Å². The van der Waals surface area contributed by atoms with Crippen LogP contribution in [-0.2, 0) is 20.8 Å². The van der Waals surface area contributed by atoms with Crippen LogP contribution >= 0.6 is 0 Å². The molecule has 1 amide bonds. The molecule has 1 aromatic rings. The zero-order chi connectivity index (χ0) is 16.3. The van der Waals surface area contributed by atoms with Gasteiger partial charge in [0.25, 0.3) is 0 Å². The Hall–Kier alpha value is -1.37. The zero-order valence-corrected chi connectivity index (χ0v) is 14.0. The molecule has 2 aliphatic rings. The molecule has 6 nitrogen and oxygen atoms in total. The van der Waals surface area contributed by atoms with Crippen molar-refractivity contribution in [2.45, 2.75) is 37.5 Å². The third-order valence-electron chi connectivity index (χ3n) is 4.87. The molecule has 6 heteroatoms. The first kappa shape index (κ1) is 16.5. The van der Waals surface area contributed by atoms with Gasteiger partial charge < -0.3 is 18.8 Å². The minimum Gasteiger partial charge on any atom is -0.472 e. The van der Waals surface area contributed by atoms with Crippen LogP contribution in [0.1, 0.15) is 24.8 Å². The van der Waals surface area contributed by atoms with E-state index in [2.05, 4.69) is 4.90 Å². The Kier molecular flexibility index (Phi) is 5.04. The lowest BCUT2D eigenvalue weighted by molar-refractivity contribution is -0.135. The highest BCUT2D eigenvalue weighted by atomic mass is 16.6. The number of furan rings is 1. The van der Waals surface area contributed by atoms with Crippen molar-refractivity contribution < 1.29 is 18.7 Å². The monoisotopic (exact) mass is 322 g/mol. The fourth-order valence-corrected chi connectivity index (χ4v) is 3.34. The summed E-state index contributed by atoms with van der Waals surface area (Å²) in [5, 5.41) is 0. The number of likely N-dealkylation sites (N-methyl/N-ethyl adjacent to an activating group) is 1. The quantitative estimate of drug-likeness (QED) is 0.822. The normalized spacial score (nSPS) is 24.2. The van der Waals surface area contributed by atoms with Crippen LogP contribution in [0.3, 0.4) is 0 Å². The van der Waals surface area contributed by atoms with Crippen LogP contribution in [0.2, 0.25) is 0 Å². The van der Waals surface area contributed by atoms with Crippen molar-refractivity contribution in [1.82, 2.24) is 9.80 Å². The van der Waals surface area contributed by atoms with E-state index in [4.69, 9.17) is 13.9 Å². The lowest BCUT2D eigenvalue weighted by atomic mass is 9.88. The smallest absolute Gasteiger partial charge is 0.248 e. The fourth-order valence-electron chi connectivity index (χ4n) is 3.34. The molecule has 0 bridgehead atoms. The summed E-state index contributed by atoms with van der Waals surface area (Å²) in [6.45, 7) is 3.72. The summed E-state index contributed by atoms with van der Waals surface area (Å²) < 4.78 is 16.9. The summed E-state index contributed by atoms with van der Waals surface area (Å²) in [4.78, 5) is 15.6. The third kappa shape index (κ3) is 4.13. The van der Waals surface area contributed by atoms with Crippen molar-refractivity contribution in [3.05, 3.63) is 24.2 Å². The Morgan fingerprint density at radius 3 is 2.87 bits per heavy atom. The molecule has 0 saturated carbocycles. The lowest BCUT2D eigenvalue weighted by Crippen LogP contribution is -2.44. The highest BCUT2D eigenvalue weighted by Crippen LogP contribution is 2.37. The van der Waals surface area contributed by atoms with E-state index in [0.717, 1.165) is 38.9 Å². The molecule has 0 N–H and O–H groups in total. The van der Waals surface area contributed by atoms with Gasteiger partial charge in [0, 0.05) is 45.7 Å². The molecule has 3 rings (SSSR count). The van der Waals surface area contributed by atoms with E-state index >= 15 is 0 Å². The van der Waals surface area contributed by atoms with Gasteiger partial charge in [0.2, 0.25) is 5.91 Å². The number of nitrogens with zero attached hydrogens (tertiary/aromatic N) is 2. The van der Waals surface area contributed by atoms with Crippen LogP contribution < -0.4 is 0 Å². The second-order valence-electron chi connectivity index (χ2n) is 6.83. The van der Waals surface area contributed by atoms with Crippen LogP contribution in [-0.4, -0.2) is 67.8 Å². The van der Waals surface area contributed by atoms with Gasteiger partial charge in [-0.15, -0.1) is 0 Å². The Labute approximate surface area is 137 Å². The first-order chi connectivity index (χ1) is 11.1. The van der Waals surface area contributed by atoms with Gasteiger partial charge in [-0.1, -0.05) is 0 Å². The number of rotatable bonds is 5. The number of ether oxygens (including phenoxy) is 2. The maximum Gasteiger partial charge on any atom is 0.248 e. The van der Waals surface area contributed by atoms with Gasteiger partial charge in [-0.05, 0) is 18.9 Å². The third-order valence-corrected chi connectivity index (χ3v) is 4.87. The van der Waals surface area contributed by atoms with Crippen molar-refractivity contribution in [1.29, 1.82) is 0 Å². The van der Waals surface area contributed by atoms with E-state index < -0.39 is 0 Å². The van der Waals surface area contributed by atoms with Gasteiger partial charge in [0.1, 0.15) is 6.61 Å². The van der Waals surface area contributed by atoms with E-state index in [1.807, 2.05) is 12.3 Å². The van der Waals surface area contributed by atoms with Crippen LogP contribution in [0.4, 0.5) is 0 Å². The number of carbonyl (C=O) groups is 1. The summed E-state index contributed by atoms with van der Waals surface area (Å²) in [6, 6.07) is 2.02. The maximum atomic E-state index is 11.6. The van der Waals surface area contributed by atoms with Gasteiger partial charge >= 0.3 is 0 Å². The van der Waals surface area contributed by atoms with Gasteiger partial charge in [-0.2, -0.15) is 0 Å². The molecule has 2 aliphatic heterocycles. The molecule has 128 valence electrons. The second kappa shape index (κ2) is 7.03. The van der Waals surface area contributed by atoms with E-state index in [9.17, 15) is 4.79 Å². The molecule has 1 spiro atoms. The van der Waals surface area contributed by atoms with Crippen LogP contribution in [0, 0.1) is 0 Å². The SMILES string of the molecule is CN(C)C(=O)CO[C@H]1COC2(CCN(Cc3ccoc3)CC2)C1. The Bertz CT molecular complexity index is 507. The first-order valence-electron chi connectivity index (χ1n) is 8.25. The summed E-state index contributed by atoms with van der Waals surface area (Å²) in [6.07, 6.45) is 6.51. The predicted octanol–water partition coefficient (Wildman–Crippen LogP) is 1.51. The van der Waals surface area contributed by atoms with Crippen molar-refractivity contribution in [3.63, 3.8) is 0 Å². The van der Waals surface area contributed by atoms with Crippen molar-refractivity contribution in [2.24, 2.45) is 0 Å². The first-order valence-corrected chi connectivity index (χ1v) is 8.25. The second-order valence-corrected chi connectivity index (χ2v) is 6.83. The number of piperidine rings is 1. The molecule has 2 saturated heterocycles. The number of likely N-dealkylation sites (tertiary alicyclic amines) is 1. The van der Waals surface area contributed by atoms with E-state index in [1.54, 1.807) is 25.3 Å². The molecular formula is C17H26N2O4. The summed E-state index contributed by atoms with van der Waals surface area (Å²) in [7, 11) is 3.49. The highest BCUT2D eigenvalue weighted by molar-refractivity contribution is 5.76. The Balaban J connectivity index is 1.43. The molecule has 3 heterocycles. The van der Waals surface area contributed by atoms with Gasteiger partial charge in [0.05, 0.1) is 30.8 Å². The predicted molar refractivity (Wildman–Crippen MR) is 85.0 cm³/mol. The summed E-state index contributed by atoms with van der Waals surface area (Å²) >= 11 is 0. The minimum atomic E-state index is -0.0568. The van der Waals surface area contributed by atoms with E-state index in [-0.39, 0.29) is 24.2 Å². The molecule has 1 atom stereocenters. The molecule has 0 aliphatic carbocycles. The summed E-state index contributed by atoms with van der Waals surface area (Å²) in [5.74, 6) is 0.000816. The molecule has 23 heavy (non-hydrogen) atoms. The van der Waals surface area contributed by atoms with Gasteiger partial charge in [-0.3, -0.25) is 9.69 Å². The average Bonchev–Trinajstić information content (AvgIpc) is 3.18. The van der Waals surface area contributed by atoms with E-state index in [0.29, 0.717) is 6.61 Å². The number of hydrogen-bond acceptors (Lipinski definition) is 5. The molecule has 2 fully saturated rings. The highest BCUT2D eigenvalue weighted by Gasteiger charge is 2.43. The average molecular weight is 322 g/mol. The molecule has 1 aromatic heterocycles. The van der Waals surface area contributed by atoms with Crippen LogP contribution in [0.5, 0.6) is 0 Å². The lowest BCUT2D eigenvalue weighted by Gasteiger charge is -2.38. The molecular weight excluding hydrogens is 296 g/mol. The Morgan fingerprint density at radius 1 is 1.43 bits per heavy atom. The molecule has 0 unspecified atom stereocenters. The van der Waals surface area contributed by atoms with E-state index in [1.165, 1.54) is 5.56 Å². The van der Waals surface area contributed by atoms with Crippen molar-refractivity contribution in [2.75, 3.05) is 40.4 Å². The van der Waals surface area contributed by atoms with Gasteiger partial charge in [-0.25, -0.2) is 0 Å². The minimum absolute atomic E-state index is 0.000816. The topological polar surface area (TPSA) is 55.2 Å². The van der Waals surface area contributed by atoms with Crippen LogP contribution in [0.15, 0.2) is 23.0 Å². The number of carbonyl (C=O) groups excluding carboxylic acids is 1. The largest absolute Gasteiger partial charge is 0.472 e. The van der Waals surface area contributed by atoms with Gasteiger partial charge in [0.15, 0.2) is 0 Å². The fraction of sp³-hybridized carbons (Fsp3) is 0.706. The maximum absolute atomic E-state index is 11.6. The standard InChI is InChI=1S/C17H26N2O4/c1-18(2)16(20)13-22-15-9-17(23-12-15)4-6-19(7-5-17)10-14-3-8-21-11-14/h3,8,11,15H,4-7,9-10,12-13H2,1-2H3/t15-/m1/s1. The van der Waals surface area contributed by atoms with Crippen molar-refractivity contribution >= 4 is 5.91 Å². The van der Waals surface area contributed by atoms with Crippen LogP contribution in [0.25, 0.3) is 0 Å². The number of amides is 1. The Morgan fingerprint density at radius 2 is 2.22 bits per heavy atom.